The third-order valence-corrected chi connectivity index (χ3v) is 6.41. The van der Waals surface area contributed by atoms with E-state index in [1.54, 1.807) is 12.4 Å². The van der Waals surface area contributed by atoms with Gasteiger partial charge in [-0.15, -0.1) is 10.2 Å². The molecule has 2 aromatic heterocycles. The number of nitrogens with one attached hydrogen (secondary N) is 1. The summed E-state index contributed by atoms with van der Waals surface area (Å²) < 4.78 is 16.7. The van der Waals surface area contributed by atoms with Crippen LogP contribution in [0.5, 0.6) is 5.75 Å². The monoisotopic (exact) mass is 408 g/mol. The number of hydrogen-bond donors (Lipinski definition) is 2. The van der Waals surface area contributed by atoms with Crippen LogP contribution >= 0.6 is 0 Å². The van der Waals surface area contributed by atoms with E-state index >= 15 is 0 Å². The van der Waals surface area contributed by atoms with Crippen molar-refractivity contribution in [3.05, 3.63) is 48.5 Å². The normalized spacial score (nSPS) is 25.4. The molecule has 6 rings (SSSR count). The molecule has 156 valence electrons. The highest BCUT2D eigenvalue weighted by molar-refractivity contribution is 5.69. The Morgan fingerprint density at radius 2 is 2.07 bits per heavy atom. The first-order valence-corrected chi connectivity index (χ1v) is 10.3. The lowest BCUT2D eigenvalue weighted by molar-refractivity contribution is 0.0702. The highest BCUT2D eigenvalue weighted by Gasteiger charge is 2.46. The molecular formula is C22H25FN6O. The maximum atomic E-state index is 14.9. The molecule has 30 heavy (non-hydrogen) atoms. The number of nitrogens with zero attached hydrogens (tertiary/aromatic N) is 5. The van der Waals surface area contributed by atoms with Crippen molar-refractivity contribution < 1.29 is 9.50 Å². The van der Waals surface area contributed by atoms with Crippen LogP contribution in [0.3, 0.4) is 0 Å². The van der Waals surface area contributed by atoms with Crippen molar-refractivity contribution in [1.29, 1.82) is 0 Å². The number of hydrogen-bond acceptors (Lipinski definition) is 6. The predicted octanol–water partition coefficient (Wildman–Crippen LogP) is 2.87. The Morgan fingerprint density at radius 3 is 2.67 bits per heavy atom. The van der Waals surface area contributed by atoms with Gasteiger partial charge in [0.2, 0.25) is 0 Å². The molecule has 2 bridgehead atoms. The first-order valence-electron chi connectivity index (χ1n) is 10.3. The molecular weight excluding hydrogens is 383 g/mol. The largest absolute Gasteiger partial charge is 0.507 e. The van der Waals surface area contributed by atoms with Crippen LogP contribution in [-0.2, 0) is 0 Å². The Balaban J connectivity index is 1.37. The average Bonchev–Trinajstić information content (AvgIpc) is 3.20. The molecule has 3 fully saturated rings. The van der Waals surface area contributed by atoms with Crippen molar-refractivity contribution in [2.45, 2.75) is 38.0 Å². The Labute approximate surface area is 174 Å². The van der Waals surface area contributed by atoms with Gasteiger partial charge in [0, 0.05) is 37.5 Å². The highest BCUT2D eigenvalue weighted by Crippen LogP contribution is 2.36. The van der Waals surface area contributed by atoms with Gasteiger partial charge < -0.3 is 19.9 Å². The van der Waals surface area contributed by atoms with E-state index in [1.807, 2.05) is 53.9 Å². The van der Waals surface area contributed by atoms with Gasteiger partial charge in [-0.05, 0) is 49.9 Å². The molecule has 0 spiro atoms. The molecule has 4 heterocycles. The number of aryl methyl sites for hydroxylation is 1. The molecule has 3 aromatic rings. The number of alkyl halides is 1. The van der Waals surface area contributed by atoms with Gasteiger partial charge in [-0.2, -0.15) is 0 Å². The molecule has 7 nitrogen and oxygen atoms in total. The van der Waals surface area contributed by atoms with Gasteiger partial charge in [0.1, 0.15) is 11.9 Å². The summed E-state index contributed by atoms with van der Waals surface area (Å²) in [5.41, 5.74) is 2.89. The maximum absolute atomic E-state index is 14.9. The Kier molecular flexibility index (Phi) is 4.66. The van der Waals surface area contributed by atoms with Crippen molar-refractivity contribution in [3.63, 3.8) is 0 Å². The van der Waals surface area contributed by atoms with Crippen LogP contribution in [0.15, 0.2) is 42.9 Å². The van der Waals surface area contributed by atoms with E-state index in [-0.39, 0.29) is 23.8 Å². The fraction of sp³-hybridized carbons (Fsp3) is 0.409. The summed E-state index contributed by atoms with van der Waals surface area (Å²) in [7, 11) is 1.89. The van der Waals surface area contributed by atoms with E-state index in [2.05, 4.69) is 20.5 Å². The zero-order valence-electron chi connectivity index (χ0n) is 17.0. The van der Waals surface area contributed by atoms with Gasteiger partial charge in [0.05, 0.1) is 29.4 Å². The lowest BCUT2D eigenvalue weighted by Gasteiger charge is -2.49. The fourth-order valence-corrected chi connectivity index (χ4v) is 4.76. The standard InChI is InChI=1S/C22H25FN6O/c1-13-11-29(12-25-13)15-4-5-16(19(30)9-15)17-7-8-20(27-26-17)28(2)22-14-3-6-18(21(22)23)24-10-14/h4-5,7-9,11-12,14,18,21-22,24,30H,3,6,10H2,1-2H3/t14-,18-,21+,22+/m0/s1. The number of phenols is 1. The van der Waals surface area contributed by atoms with E-state index in [0.717, 1.165) is 30.8 Å². The molecule has 0 amide bonds. The summed E-state index contributed by atoms with van der Waals surface area (Å²) in [6, 6.07) is 8.81. The van der Waals surface area contributed by atoms with Crippen LogP contribution < -0.4 is 10.2 Å². The second kappa shape index (κ2) is 7.36. The number of piperidine rings is 2. The van der Waals surface area contributed by atoms with Crippen LogP contribution in [0.1, 0.15) is 18.5 Å². The predicted molar refractivity (Wildman–Crippen MR) is 113 cm³/mol. The van der Waals surface area contributed by atoms with Gasteiger partial charge in [-0.1, -0.05) is 0 Å². The number of aromatic nitrogens is 4. The minimum absolute atomic E-state index is 0.0653. The summed E-state index contributed by atoms with van der Waals surface area (Å²) in [5.74, 6) is 1.04. The molecule has 2 N–H and O–H groups in total. The van der Waals surface area contributed by atoms with E-state index in [0.29, 0.717) is 17.1 Å². The van der Waals surface area contributed by atoms with E-state index in [1.165, 1.54) is 0 Å². The van der Waals surface area contributed by atoms with Crippen molar-refractivity contribution in [1.82, 2.24) is 25.1 Å². The second-order valence-electron chi connectivity index (χ2n) is 8.30. The van der Waals surface area contributed by atoms with Crippen molar-refractivity contribution in [2.24, 2.45) is 5.92 Å². The zero-order chi connectivity index (χ0) is 20.8. The summed E-state index contributed by atoms with van der Waals surface area (Å²) in [5, 5.41) is 22.5. The van der Waals surface area contributed by atoms with E-state index in [4.69, 9.17) is 0 Å². The molecule has 0 unspecified atom stereocenters. The number of anilines is 1. The number of aromatic hydroxyl groups is 1. The number of imidazole rings is 1. The number of benzene rings is 1. The minimum Gasteiger partial charge on any atom is -0.507 e. The van der Waals surface area contributed by atoms with E-state index < -0.39 is 6.17 Å². The van der Waals surface area contributed by atoms with Gasteiger partial charge in [0.15, 0.2) is 5.82 Å². The van der Waals surface area contributed by atoms with Gasteiger partial charge in [-0.25, -0.2) is 9.37 Å². The number of halogens is 1. The van der Waals surface area contributed by atoms with Crippen molar-refractivity contribution >= 4 is 5.82 Å². The van der Waals surface area contributed by atoms with Crippen LogP contribution in [0.25, 0.3) is 16.9 Å². The molecule has 2 saturated heterocycles. The SMILES string of the molecule is Cc1cn(-c2ccc(-c3ccc(N(C)[C@@H]4[C@H]5CC[C@H](NC5)[C@H]4F)nn3)c(O)c2)cn1. The zero-order valence-corrected chi connectivity index (χ0v) is 17.0. The summed E-state index contributed by atoms with van der Waals surface area (Å²) in [6.07, 6.45) is 4.63. The van der Waals surface area contributed by atoms with Gasteiger partial charge in [-0.3, -0.25) is 0 Å². The molecule has 1 aromatic carbocycles. The number of fused-ring (bicyclic) bond motifs is 3. The van der Waals surface area contributed by atoms with E-state index in [9.17, 15) is 9.50 Å². The maximum Gasteiger partial charge on any atom is 0.151 e. The summed E-state index contributed by atoms with van der Waals surface area (Å²) in [4.78, 5) is 6.13. The lowest BCUT2D eigenvalue weighted by atomic mass is 9.75. The molecule has 8 heteroatoms. The Bertz CT molecular complexity index is 1040. The fourth-order valence-electron chi connectivity index (χ4n) is 4.76. The molecule has 4 atom stereocenters. The highest BCUT2D eigenvalue weighted by atomic mass is 19.1. The van der Waals surface area contributed by atoms with Crippen LogP contribution in [-0.4, -0.2) is 56.7 Å². The molecule has 1 aliphatic carbocycles. The summed E-state index contributed by atoms with van der Waals surface area (Å²) in [6.45, 7) is 2.77. The van der Waals surface area contributed by atoms with Crippen molar-refractivity contribution in [3.8, 4) is 22.7 Å². The van der Waals surface area contributed by atoms with Crippen LogP contribution in [0.4, 0.5) is 10.2 Å². The number of rotatable bonds is 4. The smallest absolute Gasteiger partial charge is 0.151 e. The minimum atomic E-state index is -0.910. The van der Waals surface area contributed by atoms with Crippen molar-refractivity contribution in [2.75, 3.05) is 18.5 Å². The summed E-state index contributed by atoms with van der Waals surface area (Å²) >= 11 is 0. The average molecular weight is 408 g/mol. The van der Waals surface area contributed by atoms with Crippen LogP contribution in [0, 0.1) is 12.8 Å². The first kappa shape index (κ1) is 19.0. The molecule has 0 radical (unpaired) electrons. The molecule has 3 aliphatic rings. The molecule has 1 saturated carbocycles. The first-order chi connectivity index (χ1) is 14.5. The lowest BCUT2D eigenvalue weighted by Crippen LogP contribution is -2.64. The third-order valence-electron chi connectivity index (χ3n) is 6.41. The second-order valence-corrected chi connectivity index (χ2v) is 8.30. The topological polar surface area (TPSA) is 79.1 Å². The van der Waals surface area contributed by atoms with Crippen LogP contribution in [0.2, 0.25) is 0 Å². The Morgan fingerprint density at radius 1 is 1.20 bits per heavy atom. The number of phenolic OH excluding ortho intramolecular Hbond substituents is 1. The quantitative estimate of drug-likeness (QED) is 0.691. The van der Waals surface area contributed by atoms with Gasteiger partial charge in [0.25, 0.3) is 0 Å². The van der Waals surface area contributed by atoms with Gasteiger partial charge >= 0.3 is 0 Å². The third kappa shape index (κ3) is 3.21. The Hall–Kier alpha value is -3.00. The molecule has 2 aliphatic heterocycles.